The number of aromatic nitrogens is 2. The fourth-order valence-electron chi connectivity index (χ4n) is 1.54. The number of hydrogen-bond acceptors (Lipinski definition) is 5. The smallest absolute Gasteiger partial charge is 0.250 e. The largest absolute Gasteiger partial charge is 0.481 e. The summed E-state index contributed by atoms with van der Waals surface area (Å²) in [4.78, 5) is 19.6. The summed E-state index contributed by atoms with van der Waals surface area (Å²) in [6, 6.07) is 8.60. The van der Waals surface area contributed by atoms with E-state index in [0.717, 1.165) is 5.56 Å². The molecule has 3 N–H and O–H groups in total. The molecule has 0 fully saturated rings. The minimum atomic E-state index is -0.387. The van der Waals surface area contributed by atoms with Crippen molar-refractivity contribution in [1.29, 1.82) is 0 Å². The number of nitrogens with zero attached hydrogens (tertiary/aromatic N) is 2. The van der Waals surface area contributed by atoms with E-state index in [-0.39, 0.29) is 22.9 Å². The van der Waals surface area contributed by atoms with Crippen LogP contribution in [-0.2, 0) is 4.79 Å². The predicted molar refractivity (Wildman–Crippen MR) is 82.1 cm³/mol. The molecule has 7 heteroatoms. The van der Waals surface area contributed by atoms with Gasteiger partial charge in [-0.25, -0.2) is 4.98 Å². The first-order valence-electron chi connectivity index (χ1n) is 6.00. The van der Waals surface area contributed by atoms with Crippen LogP contribution in [0, 0.1) is 0 Å². The zero-order chi connectivity index (χ0) is 15.2. The molecule has 21 heavy (non-hydrogen) atoms. The van der Waals surface area contributed by atoms with E-state index in [2.05, 4.69) is 15.3 Å². The number of rotatable bonds is 4. The van der Waals surface area contributed by atoms with Crippen molar-refractivity contribution in [3.63, 3.8) is 0 Å². The molecule has 0 aliphatic heterocycles. The van der Waals surface area contributed by atoms with Crippen LogP contribution in [-0.4, -0.2) is 23.0 Å². The zero-order valence-corrected chi connectivity index (χ0v) is 12.0. The quantitative estimate of drug-likeness (QED) is 0.514. The maximum atomic E-state index is 11.8. The van der Waals surface area contributed by atoms with E-state index in [4.69, 9.17) is 22.1 Å². The molecule has 0 saturated heterocycles. The summed E-state index contributed by atoms with van der Waals surface area (Å²) in [6.07, 6.45) is 2.99. The number of carbonyl (C=O) groups excluding carboxylic acids is 1. The lowest BCUT2D eigenvalue weighted by Crippen LogP contribution is -2.11. The molecular formula is C14H13ClN4O2. The molecule has 0 radical (unpaired) electrons. The number of nitrogens with one attached hydrogen (secondary N) is 1. The highest BCUT2D eigenvalue weighted by atomic mass is 35.5. The second-order valence-corrected chi connectivity index (χ2v) is 4.44. The number of methoxy groups -OCH3 is 1. The number of halogens is 1. The molecule has 6 nitrogen and oxygen atoms in total. The Morgan fingerprint density at radius 1 is 1.38 bits per heavy atom. The molecule has 1 aromatic heterocycles. The van der Waals surface area contributed by atoms with E-state index in [1.54, 1.807) is 24.3 Å². The van der Waals surface area contributed by atoms with E-state index in [1.807, 2.05) is 6.07 Å². The Bertz CT molecular complexity index is 688. The SMILES string of the molecule is COc1cc(Cl)nc(NC(=O)/C=C/c2cccc(N)c2)n1. The van der Waals surface area contributed by atoms with Gasteiger partial charge in [0, 0.05) is 17.8 Å². The van der Waals surface area contributed by atoms with E-state index >= 15 is 0 Å². The van der Waals surface area contributed by atoms with Gasteiger partial charge in [0.25, 0.3) is 5.91 Å². The Kier molecular flexibility index (Phi) is 4.73. The average Bonchev–Trinajstić information content (AvgIpc) is 2.44. The molecule has 1 heterocycles. The maximum Gasteiger partial charge on any atom is 0.250 e. The minimum Gasteiger partial charge on any atom is -0.481 e. The van der Waals surface area contributed by atoms with Crippen molar-refractivity contribution < 1.29 is 9.53 Å². The topological polar surface area (TPSA) is 90.1 Å². The second kappa shape index (κ2) is 6.71. The van der Waals surface area contributed by atoms with Crippen LogP contribution in [0.1, 0.15) is 5.56 Å². The maximum absolute atomic E-state index is 11.8. The van der Waals surface area contributed by atoms with Crippen LogP contribution in [0.15, 0.2) is 36.4 Å². The predicted octanol–water partition coefficient (Wildman–Crippen LogP) is 2.37. The van der Waals surface area contributed by atoms with Crippen LogP contribution in [0.25, 0.3) is 6.08 Å². The number of amides is 1. The summed E-state index contributed by atoms with van der Waals surface area (Å²) >= 11 is 5.79. The van der Waals surface area contributed by atoms with Gasteiger partial charge >= 0.3 is 0 Å². The van der Waals surface area contributed by atoms with E-state index in [0.29, 0.717) is 5.69 Å². The first-order chi connectivity index (χ1) is 10.1. The van der Waals surface area contributed by atoms with Crippen LogP contribution >= 0.6 is 11.6 Å². The second-order valence-electron chi connectivity index (χ2n) is 4.05. The first-order valence-corrected chi connectivity index (χ1v) is 6.38. The van der Waals surface area contributed by atoms with Crippen LogP contribution in [0.3, 0.4) is 0 Å². The number of benzene rings is 1. The Balaban J connectivity index is 2.06. The normalized spacial score (nSPS) is 10.6. The summed E-state index contributed by atoms with van der Waals surface area (Å²) in [6.45, 7) is 0. The fourth-order valence-corrected chi connectivity index (χ4v) is 1.72. The molecule has 2 rings (SSSR count). The third-order valence-electron chi connectivity index (χ3n) is 2.45. The van der Waals surface area contributed by atoms with Crippen LogP contribution in [0.5, 0.6) is 5.88 Å². The zero-order valence-electron chi connectivity index (χ0n) is 11.2. The van der Waals surface area contributed by atoms with Gasteiger partial charge in [0.05, 0.1) is 7.11 Å². The lowest BCUT2D eigenvalue weighted by atomic mass is 10.2. The summed E-state index contributed by atoms with van der Waals surface area (Å²) < 4.78 is 4.94. The number of nitrogen functional groups attached to an aromatic ring is 1. The standard InChI is InChI=1S/C14H13ClN4O2/c1-21-13-8-11(15)17-14(19-13)18-12(20)6-5-9-3-2-4-10(16)7-9/h2-8H,16H2,1H3,(H,17,18,19,20)/b6-5+. The number of ether oxygens (including phenoxy) is 1. The van der Waals surface area contributed by atoms with Crippen molar-refractivity contribution >= 4 is 35.2 Å². The van der Waals surface area contributed by atoms with Gasteiger partial charge in [0.1, 0.15) is 5.15 Å². The molecule has 1 amide bonds. The summed E-state index contributed by atoms with van der Waals surface area (Å²) in [5.74, 6) is -0.0477. The first kappa shape index (κ1) is 14.8. The molecule has 0 aliphatic rings. The Labute approximate surface area is 126 Å². The lowest BCUT2D eigenvalue weighted by molar-refractivity contribution is -0.111. The van der Waals surface area contributed by atoms with Crippen LogP contribution in [0.4, 0.5) is 11.6 Å². The number of nitrogens with two attached hydrogens (primary N) is 1. The van der Waals surface area contributed by atoms with Crippen molar-refractivity contribution in [2.24, 2.45) is 0 Å². The van der Waals surface area contributed by atoms with Crippen molar-refractivity contribution in [3.05, 3.63) is 47.1 Å². The number of hydrogen-bond donors (Lipinski definition) is 2. The van der Waals surface area contributed by atoms with Crippen molar-refractivity contribution in [3.8, 4) is 5.88 Å². The molecule has 2 aromatic rings. The third kappa shape index (κ3) is 4.47. The van der Waals surface area contributed by atoms with Gasteiger partial charge in [-0.3, -0.25) is 10.1 Å². The molecule has 0 saturated carbocycles. The monoisotopic (exact) mass is 304 g/mol. The Morgan fingerprint density at radius 2 is 2.19 bits per heavy atom. The average molecular weight is 305 g/mol. The minimum absolute atomic E-state index is 0.0709. The fraction of sp³-hybridized carbons (Fsp3) is 0.0714. The molecule has 0 aliphatic carbocycles. The molecule has 1 aromatic carbocycles. The molecule has 0 bridgehead atoms. The van der Waals surface area contributed by atoms with Crippen molar-refractivity contribution in [2.75, 3.05) is 18.2 Å². The van der Waals surface area contributed by atoms with Gasteiger partial charge in [-0.2, -0.15) is 4.98 Å². The molecule has 0 unspecified atom stereocenters. The van der Waals surface area contributed by atoms with Gasteiger partial charge in [-0.05, 0) is 23.8 Å². The highest BCUT2D eigenvalue weighted by molar-refractivity contribution is 6.29. The molecule has 108 valence electrons. The van der Waals surface area contributed by atoms with E-state index < -0.39 is 0 Å². The third-order valence-corrected chi connectivity index (χ3v) is 2.65. The summed E-state index contributed by atoms with van der Waals surface area (Å²) in [5.41, 5.74) is 7.09. The van der Waals surface area contributed by atoms with Gasteiger partial charge in [0.15, 0.2) is 0 Å². The van der Waals surface area contributed by atoms with Gasteiger partial charge in [0.2, 0.25) is 11.8 Å². The highest BCUT2D eigenvalue weighted by Gasteiger charge is 2.05. The number of carbonyl (C=O) groups is 1. The van der Waals surface area contributed by atoms with Gasteiger partial charge in [-0.15, -0.1) is 0 Å². The molecule has 0 spiro atoms. The summed E-state index contributed by atoms with van der Waals surface area (Å²) in [7, 11) is 1.45. The van der Waals surface area contributed by atoms with Crippen LogP contribution in [0.2, 0.25) is 5.15 Å². The Morgan fingerprint density at radius 3 is 2.90 bits per heavy atom. The highest BCUT2D eigenvalue weighted by Crippen LogP contribution is 2.15. The van der Waals surface area contributed by atoms with Crippen molar-refractivity contribution in [2.45, 2.75) is 0 Å². The molecule has 0 atom stereocenters. The van der Waals surface area contributed by atoms with Gasteiger partial charge in [-0.1, -0.05) is 23.7 Å². The van der Waals surface area contributed by atoms with Crippen molar-refractivity contribution in [1.82, 2.24) is 9.97 Å². The van der Waals surface area contributed by atoms with E-state index in [1.165, 1.54) is 19.3 Å². The Hall–Kier alpha value is -2.60. The number of anilines is 2. The summed E-state index contributed by atoms with van der Waals surface area (Å²) in [5, 5.41) is 2.68. The van der Waals surface area contributed by atoms with Crippen LogP contribution < -0.4 is 15.8 Å². The van der Waals surface area contributed by atoms with E-state index in [9.17, 15) is 4.79 Å². The lowest BCUT2D eigenvalue weighted by Gasteiger charge is -2.03. The molecular weight excluding hydrogens is 292 g/mol. The van der Waals surface area contributed by atoms with Gasteiger partial charge < -0.3 is 10.5 Å².